The number of fused-ring (bicyclic) bond motifs is 2. The number of allylic oxidation sites excluding steroid dienone is 3. The molecule has 0 aromatic carbocycles. The molecule has 10 atom stereocenters. The zero-order valence-corrected chi connectivity index (χ0v) is 20.2. The van der Waals surface area contributed by atoms with Gasteiger partial charge in [0.1, 0.15) is 11.2 Å². The van der Waals surface area contributed by atoms with E-state index in [1.165, 1.54) is 31.3 Å². The standard InChI is InChI=1S/C28H42O3/c1-18(2)19(3)7-8-20(4)22-9-10-23-25(22,5)13-12-24-26(6)14-11-21(29)17-27(26)15-16-28(23,24)31-30-27/h7-8,15-16,19-24,29H,1,9-14,17H2,2-6H3/b8-7+/t19-,20+,21-,22+,23+,24+,25+,26+,27?,28?/m0/s1. The molecule has 3 heteroatoms. The molecule has 4 fully saturated rings. The van der Waals surface area contributed by atoms with Crippen molar-refractivity contribution in [3.63, 3.8) is 0 Å². The van der Waals surface area contributed by atoms with Gasteiger partial charge in [0.05, 0.1) is 6.10 Å². The van der Waals surface area contributed by atoms with Gasteiger partial charge in [0, 0.05) is 23.7 Å². The van der Waals surface area contributed by atoms with Gasteiger partial charge in [0.2, 0.25) is 0 Å². The Balaban J connectivity index is 1.46. The molecule has 31 heavy (non-hydrogen) atoms. The van der Waals surface area contributed by atoms with Gasteiger partial charge in [-0.15, -0.1) is 0 Å². The molecule has 1 N–H and O–H groups in total. The van der Waals surface area contributed by atoms with Crippen LogP contribution in [0.1, 0.15) is 79.6 Å². The summed E-state index contributed by atoms with van der Waals surface area (Å²) >= 11 is 0. The van der Waals surface area contributed by atoms with Gasteiger partial charge in [0.25, 0.3) is 0 Å². The Morgan fingerprint density at radius 1 is 1.03 bits per heavy atom. The van der Waals surface area contributed by atoms with Gasteiger partial charge in [-0.3, -0.25) is 0 Å². The van der Waals surface area contributed by atoms with Crippen LogP contribution in [0.25, 0.3) is 0 Å². The Labute approximate surface area is 188 Å². The predicted molar refractivity (Wildman–Crippen MR) is 124 cm³/mol. The summed E-state index contributed by atoms with van der Waals surface area (Å²) in [5.74, 6) is 2.65. The number of aliphatic hydroxyl groups excluding tert-OH is 1. The summed E-state index contributed by atoms with van der Waals surface area (Å²) in [6.07, 6.45) is 16.7. The molecule has 2 bridgehead atoms. The van der Waals surface area contributed by atoms with Crippen LogP contribution in [0.4, 0.5) is 0 Å². The van der Waals surface area contributed by atoms with E-state index in [0.717, 1.165) is 12.8 Å². The summed E-state index contributed by atoms with van der Waals surface area (Å²) in [7, 11) is 0. The van der Waals surface area contributed by atoms with Crippen LogP contribution in [0.5, 0.6) is 0 Å². The lowest BCUT2D eigenvalue weighted by atomic mass is 9.43. The van der Waals surface area contributed by atoms with Gasteiger partial charge in [-0.05, 0) is 74.7 Å². The van der Waals surface area contributed by atoms with E-state index >= 15 is 0 Å². The van der Waals surface area contributed by atoms with Crippen LogP contribution in [0.15, 0.2) is 36.5 Å². The van der Waals surface area contributed by atoms with Crippen molar-refractivity contribution >= 4 is 0 Å². The predicted octanol–water partition coefficient (Wildman–Crippen LogP) is 6.39. The molecule has 1 saturated heterocycles. The van der Waals surface area contributed by atoms with E-state index in [2.05, 4.69) is 65.5 Å². The molecule has 0 aromatic heterocycles. The second-order valence-corrected chi connectivity index (χ2v) is 12.3. The smallest absolute Gasteiger partial charge is 0.130 e. The number of hydrogen-bond donors (Lipinski definition) is 1. The van der Waals surface area contributed by atoms with E-state index in [1.807, 2.05) is 0 Å². The van der Waals surface area contributed by atoms with Gasteiger partial charge in [-0.25, -0.2) is 9.78 Å². The molecule has 172 valence electrons. The van der Waals surface area contributed by atoms with E-state index in [0.29, 0.717) is 36.0 Å². The first-order valence-electron chi connectivity index (χ1n) is 12.7. The normalized spacial score (nSPS) is 52.5. The van der Waals surface area contributed by atoms with Crippen molar-refractivity contribution in [2.24, 2.45) is 40.4 Å². The second kappa shape index (κ2) is 7.05. The van der Waals surface area contributed by atoms with Crippen molar-refractivity contribution in [3.8, 4) is 0 Å². The van der Waals surface area contributed by atoms with Crippen molar-refractivity contribution in [2.45, 2.75) is 96.9 Å². The average molecular weight is 427 g/mol. The molecule has 0 amide bonds. The van der Waals surface area contributed by atoms with E-state index in [1.54, 1.807) is 0 Å². The maximum Gasteiger partial charge on any atom is 0.130 e. The zero-order chi connectivity index (χ0) is 22.2. The molecule has 3 nitrogen and oxygen atoms in total. The topological polar surface area (TPSA) is 38.7 Å². The number of hydrogen-bond acceptors (Lipinski definition) is 3. The summed E-state index contributed by atoms with van der Waals surface area (Å²) in [5, 5.41) is 10.4. The molecular weight excluding hydrogens is 384 g/mol. The molecule has 6 aliphatic rings. The van der Waals surface area contributed by atoms with Crippen LogP contribution >= 0.6 is 0 Å². The molecule has 4 aliphatic carbocycles. The van der Waals surface area contributed by atoms with E-state index < -0.39 is 5.60 Å². The maximum atomic E-state index is 10.4. The Hall–Kier alpha value is -0.900. The Bertz CT molecular complexity index is 815. The van der Waals surface area contributed by atoms with Gasteiger partial charge in [-0.1, -0.05) is 58.1 Å². The lowest BCUT2D eigenvalue weighted by Gasteiger charge is -2.69. The molecule has 6 rings (SSSR count). The van der Waals surface area contributed by atoms with Crippen LogP contribution in [-0.4, -0.2) is 22.4 Å². The quantitative estimate of drug-likeness (QED) is 0.418. The molecule has 2 heterocycles. The zero-order valence-electron chi connectivity index (χ0n) is 20.2. The minimum atomic E-state index is -0.447. The monoisotopic (exact) mass is 426 g/mol. The summed E-state index contributed by atoms with van der Waals surface area (Å²) in [6.45, 7) is 15.8. The molecule has 0 radical (unpaired) electrons. The number of rotatable bonds is 4. The third-order valence-corrected chi connectivity index (χ3v) is 10.8. The van der Waals surface area contributed by atoms with Crippen LogP contribution in [0.3, 0.4) is 0 Å². The minimum Gasteiger partial charge on any atom is -0.393 e. The largest absolute Gasteiger partial charge is 0.393 e. The summed E-state index contributed by atoms with van der Waals surface area (Å²) < 4.78 is 0. The first-order valence-corrected chi connectivity index (χ1v) is 12.7. The van der Waals surface area contributed by atoms with Crippen molar-refractivity contribution in [3.05, 3.63) is 36.5 Å². The lowest BCUT2D eigenvalue weighted by Crippen LogP contribution is -2.73. The Morgan fingerprint density at radius 3 is 2.48 bits per heavy atom. The van der Waals surface area contributed by atoms with Crippen LogP contribution < -0.4 is 0 Å². The summed E-state index contributed by atoms with van der Waals surface area (Å²) in [6, 6.07) is 0. The molecule has 2 unspecified atom stereocenters. The van der Waals surface area contributed by atoms with Crippen molar-refractivity contribution in [1.29, 1.82) is 0 Å². The average Bonchev–Trinajstić information content (AvgIpc) is 3.09. The van der Waals surface area contributed by atoms with E-state index in [-0.39, 0.29) is 22.5 Å². The fourth-order valence-electron chi connectivity index (χ4n) is 8.64. The first-order chi connectivity index (χ1) is 14.6. The van der Waals surface area contributed by atoms with E-state index in [4.69, 9.17) is 9.78 Å². The van der Waals surface area contributed by atoms with Crippen LogP contribution in [0.2, 0.25) is 0 Å². The highest BCUT2D eigenvalue weighted by atomic mass is 17.2. The molecule has 0 aromatic rings. The molecule has 2 aliphatic heterocycles. The van der Waals surface area contributed by atoms with Crippen molar-refractivity contribution in [1.82, 2.24) is 0 Å². The van der Waals surface area contributed by atoms with Crippen LogP contribution in [-0.2, 0) is 9.78 Å². The Kier molecular flexibility index (Phi) is 4.98. The van der Waals surface area contributed by atoms with Crippen molar-refractivity contribution in [2.75, 3.05) is 0 Å². The minimum absolute atomic E-state index is 0.0566. The van der Waals surface area contributed by atoms with E-state index in [9.17, 15) is 5.11 Å². The third-order valence-electron chi connectivity index (χ3n) is 10.8. The maximum absolute atomic E-state index is 10.4. The van der Waals surface area contributed by atoms with Gasteiger partial charge < -0.3 is 5.11 Å². The number of aliphatic hydroxyl groups is 1. The van der Waals surface area contributed by atoms with Crippen LogP contribution in [0, 0.1) is 40.4 Å². The fraction of sp³-hybridized carbons (Fsp3) is 0.786. The van der Waals surface area contributed by atoms with Crippen molar-refractivity contribution < 1.29 is 14.9 Å². The van der Waals surface area contributed by atoms with Gasteiger partial charge in [0.15, 0.2) is 0 Å². The molecular formula is C28H42O3. The SMILES string of the molecule is C=C(C)[C@@H](C)/C=C/[C@@H](C)[C@H]1CC[C@H]2C34C=CC5(C[C@@H](O)CC[C@]5(C)[C@H]3CC[C@]12C)OO4. The summed E-state index contributed by atoms with van der Waals surface area (Å²) in [4.78, 5) is 12.7. The first kappa shape index (κ1) is 21.9. The fourth-order valence-corrected chi connectivity index (χ4v) is 8.64. The highest BCUT2D eigenvalue weighted by Gasteiger charge is 2.74. The van der Waals surface area contributed by atoms with Gasteiger partial charge >= 0.3 is 0 Å². The summed E-state index contributed by atoms with van der Waals surface area (Å²) in [5.41, 5.74) is 0.809. The highest BCUT2D eigenvalue weighted by Crippen LogP contribution is 2.72. The lowest BCUT2D eigenvalue weighted by molar-refractivity contribution is -0.497. The highest BCUT2D eigenvalue weighted by molar-refractivity contribution is 5.33. The second-order valence-electron chi connectivity index (χ2n) is 12.3. The molecule has 3 saturated carbocycles. The molecule has 2 spiro atoms. The Morgan fingerprint density at radius 2 is 1.81 bits per heavy atom. The van der Waals surface area contributed by atoms with Gasteiger partial charge in [-0.2, -0.15) is 0 Å². The third kappa shape index (κ3) is 2.82.